The molecule has 2 aliphatic rings. The van der Waals surface area contributed by atoms with Gasteiger partial charge in [0.2, 0.25) is 0 Å². The van der Waals surface area contributed by atoms with Crippen molar-refractivity contribution in [1.82, 2.24) is 5.32 Å². The molecule has 0 radical (unpaired) electrons. The first-order valence-corrected chi connectivity index (χ1v) is 7.02. The smallest absolute Gasteiger partial charge is 0.310 e. The minimum Gasteiger partial charge on any atom is -0.310 e. The monoisotopic (exact) mass is 287 g/mol. The molecular weight excluding hydrogens is 270 g/mol. The Labute approximate surface area is 115 Å². The van der Waals surface area contributed by atoms with Gasteiger partial charge in [-0.1, -0.05) is 12.5 Å². The number of hydrogen-bond donors (Lipinski definition) is 1. The quantitative estimate of drug-likeness (QED) is 0.824. The molecule has 0 amide bonds. The van der Waals surface area contributed by atoms with E-state index in [2.05, 4.69) is 5.32 Å². The minimum atomic E-state index is -4.63. The second-order valence-corrected chi connectivity index (χ2v) is 5.97. The topological polar surface area (TPSA) is 12.0 Å². The number of rotatable bonds is 3. The Morgan fingerprint density at radius 3 is 2.55 bits per heavy atom. The molecular formula is C15H17F4N. The summed E-state index contributed by atoms with van der Waals surface area (Å²) in [5, 5.41) is 3.34. The van der Waals surface area contributed by atoms with Crippen molar-refractivity contribution in [3.8, 4) is 0 Å². The molecule has 0 heterocycles. The summed E-state index contributed by atoms with van der Waals surface area (Å²) in [6.07, 6.45) is 0.247. The zero-order valence-electron chi connectivity index (χ0n) is 11.0. The van der Waals surface area contributed by atoms with Crippen LogP contribution < -0.4 is 5.32 Å². The van der Waals surface area contributed by atoms with Gasteiger partial charge in [0.1, 0.15) is 5.82 Å². The normalized spacial score (nSPS) is 29.1. The lowest BCUT2D eigenvalue weighted by molar-refractivity contribution is -0.140. The largest absolute Gasteiger partial charge is 0.419 e. The molecule has 2 saturated carbocycles. The highest BCUT2D eigenvalue weighted by Gasteiger charge is 2.39. The zero-order chi connectivity index (χ0) is 14.3. The van der Waals surface area contributed by atoms with Crippen molar-refractivity contribution < 1.29 is 17.6 Å². The van der Waals surface area contributed by atoms with Crippen LogP contribution in [0.25, 0.3) is 0 Å². The van der Waals surface area contributed by atoms with Crippen LogP contribution in [0.1, 0.15) is 36.8 Å². The molecule has 1 nitrogen and oxygen atoms in total. The van der Waals surface area contributed by atoms with E-state index < -0.39 is 17.6 Å². The first-order valence-electron chi connectivity index (χ1n) is 7.02. The standard InChI is InChI=1S/C15H17F4N/c16-13-4-2-10(6-12(13)15(17,18)19)8-20-14-7-9-1-3-11(14)5-9/h2,4,6,9,11,14,20H,1,3,5,7-8H2. The first kappa shape index (κ1) is 13.9. The van der Waals surface area contributed by atoms with Crippen LogP contribution in [-0.2, 0) is 12.7 Å². The highest BCUT2D eigenvalue weighted by Crippen LogP contribution is 2.44. The van der Waals surface area contributed by atoms with Crippen molar-refractivity contribution in [2.75, 3.05) is 0 Å². The van der Waals surface area contributed by atoms with E-state index in [0.717, 1.165) is 24.5 Å². The van der Waals surface area contributed by atoms with Crippen LogP contribution in [0.2, 0.25) is 0 Å². The maximum absolute atomic E-state index is 13.2. The second-order valence-electron chi connectivity index (χ2n) is 5.97. The van der Waals surface area contributed by atoms with Crippen molar-refractivity contribution in [3.05, 3.63) is 35.1 Å². The SMILES string of the molecule is Fc1ccc(CNC2CC3CCC2C3)cc1C(F)(F)F. The summed E-state index contributed by atoms with van der Waals surface area (Å²) in [4.78, 5) is 0. The first-order chi connectivity index (χ1) is 9.43. The number of halogens is 4. The molecule has 3 unspecified atom stereocenters. The van der Waals surface area contributed by atoms with Gasteiger partial charge in [-0.3, -0.25) is 0 Å². The van der Waals surface area contributed by atoms with Crippen LogP contribution in [0.3, 0.4) is 0 Å². The van der Waals surface area contributed by atoms with Gasteiger partial charge in [0.15, 0.2) is 0 Å². The Kier molecular flexibility index (Phi) is 3.48. The summed E-state index contributed by atoms with van der Waals surface area (Å²) in [5.41, 5.74) is -0.689. The van der Waals surface area contributed by atoms with Gasteiger partial charge in [0.25, 0.3) is 0 Å². The lowest BCUT2D eigenvalue weighted by Gasteiger charge is -2.23. The average molecular weight is 287 g/mol. The number of alkyl halides is 3. The van der Waals surface area contributed by atoms with Gasteiger partial charge in [-0.15, -0.1) is 0 Å². The Balaban J connectivity index is 1.66. The molecule has 3 rings (SSSR count). The predicted molar refractivity (Wildman–Crippen MR) is 67.5 cm³/mol. The number of fused-ring (bicyclic) bond motifs is 2. The van der Waals surface area contributed by atoms with Crippen molar-refractivity contribution in [1.29, 1.82) is 0 Å². The fourth-order valence-electron chi connectivity index (χ4n) is 3.64. The van der Waals surface area contributed by atoms with E-state index >= 15 is 0 Å². The van der Waals surface area contributed by atoms with Crippen molar-refractivity contribution in [3.63, 3.8) is 0 Å². The van der Waals surface area contributed by atoms with Gasteiger partial charge in [0.05, 0.1) is 5.56 Å². The maximum atomic E-state index is 13.2. The van der Waals surface area contributed by atoms with Gasteiger partial charge in [-0.2, -0.15) is 13.2 Å². The summed E-state index contributed by atoms with van der Waals surface area (Å²) in [6, 6.07) is 3.65. The van der Waals surface area contributed by atoms with Crippen LogP contribution in [0, 0.1) is 17.7 Å². The molecule has 0 aliphatic heterocycles. The molecule has 20 heavy (non-hydrogen) atoms. The molecule has 110 valence electrons. The highest BCUT2D eigenvalue weighted by molar-refractivity contribution is 5.27. The molecule has 2 fully saturated rings. The average Bonchev–Trinajstić information content (AvgIpc) is 2.98. The second kappa shape index (κ2) is 5.02. The van der Waals surface area contributed by atoms with E-state index in [1.165, 1.54) is 25.3 Å². The molecule has 1 aromatic carbocycles. The number of benzene rings is 1. The van der Waals surface area contributed by atoms with Gasteiger partial charge < -0.3 is 5.32 Å². The lowest BCUT2D eigenvalue weighted by atomic mass is 9.95. The Morgan fingerprint density at radius 2 is 1.95 bits per heavy atom. The molecule has 0 saturated heterocycles. The molecule has 1 N–H and O–H groups in total. The van der Waals surface area contributed by atoms with Crippen LogP contribution in [0.5, 0.6) is 0 Å². The van der Waals surface area contributed by atoms with E-state index in [1.54, 1.807) is 0 Å². The van der Waals surface area contributed by atoms with E-state index in [4.69, 9.17) is 0 Å². The van der Waals surface area contributed by atoms with Crippen LogP contribution in [0.15, 0.2) is 18.2 Å². The van der Waals surface area contributed by atoms with Gasteiger partial charge >= 0.3 is 6.18 Å². The maximum Gasteiger partial charge on any atom is 0.419 e. The van der Waals surface area contributed by atoms with Gasteiger partial charge in [-0.25, -0.2) is 4.39 Å². The molecule has 3 atom stereocenters. The fourth-order valence-corrected chi connectivity index (χ4v) is 3.64. The van der Waals surface area contributed by atoms with Gasteiger partial charge in [0, 0.05) is 12.6 Å². The lowest BCUT2D eigenvalue weighted by Crippen LogP contribution is -2.33. The van der Waals surface area contributed by atoms with E-state index in [-0.39, 0.29) is 0 Å². The molecule has 0 aromatic heterocycles. The summed E-state index contributed by atoms with van der Waals surface area (Å²) in [5.74, 6) is 0.250. The summed E-state index contributed by atoms with van der Waals surface area (Å²) >= 11 is 0. The zero-order valence-corrected chi connectivity index (χ0v) is 11.0. The van der Waals surface area contributed by atoms with E-state index in [1.807, 2.05) is 0 Å². The van der Waals surface area contributed by atoms with Crippen molar-refractivity contribution >= 4 is 0 Å². The third kappa shape index (κ3) is 2.68. The minimum absolute atomic E-state index is 0.372. The van der Waals surface area contributed by atoms with E-state index in [9.17, 15) is 17.6 Å². The van der Waals surface area contributed by atoms with E-state index in [0.29, 0.717) is 24.1 Å². The van der Waals surface area contributed by atoms with Crippen molar-refractivity contribution in [2.45, 2.75) is 44.4 Å². The molecule has 0 spiro atoms. The molecule has 2 aliphatic carbocycles. The van der Waals surface area contributed by atoms with Crippen LogP contribution in [0.4, 0.5) is 17.6 Å². The van der Waals surface area contributed by atoms with Crippen LogP contribution >= 0.6 is 0 Å². The third-order valence-corrected chi connectivity index (χ3v) is 4.64. The molecule has 5 heteroatoms. The molecule has 2 bridgehead atoms. The fraction of sp³-hybridized carbons (Fsp3) is 0.600. The van der Waals surface area contributed by atoms with Crippen LogP contribution in [-0.4, -0.2) is 6.04 Å². The third-order valence-electron chi connectivity index (χ3n) is 4.64. The predicted octanol–water partition coefficient (Wildman–Crippen LogP) is 4.12. The van der Waals surface area contributed by atoms with Gasteiger partial charge in [-0.05, 0) is 48.8 Å². The summed E-state index contributed by atoms with van der Waals surface area (Å²) < 4.78 is 51.1. The Bertz CT molecular complexity index is 497. The Morgan fingerprint density at radius 1 is 1.15 bits per heavy atom. The number of hydrogen-bond acceptors (Lipinski definition) is 1. The number of nitrogens with one attached hydrogen (secondary N) is 1. The summed E-state index contributed by atoms with van der Waals surface area (Å²) in [6.45, 7) is 0.372. The highest BCUT2D eigenvalue weighted by atomic mass is 19.4. The molecule has 1 aromatic rings. The van der Waals surface area contributed by atoms with Crippen molar-refractivity contribution in [2.24, 2.45) is 11.8 Å². The summed E-state index contributed by atoms with van der Waals surface area (Å²) in [7, 11) is 0. The Hall–Kier alpha value is -1.10.